The summed E-state index contributed by atoms with van der Waals surface area (Å²) in [6, 6.07) is 5.37. The molecule has 0 saturated carbocycles. The van der Waals surface area contributed by atoms with E-state index in [9.17, 15) is 26.4 Å². The quantitative estimate of drug-likeness (QED) is 0.322. The second-order valence-corrected chi connectivity index (χ2v) is 8.10. The van der Waals surface area contributed by atoms with Crippen LogP contribution in [0.3, 0.4) is 0 Å². The summed E-state index contributed by atoms with van der Waals surface area (Å²) in [4.78, 5) is 25.8. The molecule has 0 spiro atoms. The number of rotatable bonds is 5. The van der Waals surface area contributed by atoms with Crippen molar-refractivity contribution in [2.24, 2.45) is 0 Å². The molecule has 1 aromatic carbocycles. The van der Waals surface area contributed by atoms with E-state index in [1.807, 2.05) is 0 Å². The summed E-state index contributed by atoms with van der Waals surface area (Å²) in [5, 5.41) is 0. The molecule has 3 rings (SSSR count). The molecule has 1 unspecified atom stereocenters. The molecule has 11 nitrogen and oxygen atoms in total. The molecule has 14 heteroatoms. The van der Waals surface area contributed by atoms with E-state index in [2.05, 4.69) is 4.18 Å². The monoisotopic (exact) mass is 430 g/mol. The van der Waals surface area contributed by atoms with Crippen LogP contribution in [0, 0.1) is 0 Å². The van der Waals surface area contributed by atoms with Gasteiger partial charge in [0.05, 0.1) is 6.04 Å². The van der Waals surface area contributed by atoms with Crippen LogP contribution in [-0.2, 0) is 34.5 Å². The Bertz CT molecular complexity index is 951. The molecular formula is C13H15N2NaO9S2. The van der Waals surface area contributed by atoms with Gasteiger partial charge in [0.15, 0.2) is 6.10 Å². The average Bonchev–Trinajstić information content (AvgIpc) is 2.89. The van der Waals surface area contributed by atoms with Crippen molar-refractivity contribution >= 4 is 62.1 Å². The van der Waals surface area contributed by atoms with Gasteiger partial charge in [-0.15, -0.1) is 0 Å². The second kappa shape index (κ2) is 7.75. The van der Waals surface area contributed by atoms with Crippen molar-refractivity contribution in [1.82, 2.24) is 9.21 Å². The van der Waals surface area contributed by atoms with Crippen LogP contribution in [0.25, 0.3) is 0 Å². The van der Waals surface area contributed by atoms with E-state index in [4.69, 9.17) is 9.11 Å². The van der Waals surface area contributed by atoms with Crippen LogP contribution in [0.5, 0.6) is 0 Å². The Kier molecular flexibility index (Phi) is 6.38. The Morgan fingerprint density at radius 2 is 1.74 bits per heavy atom. The molecule has 0 bridgehead atoms. The molecule has 2 fully saturated rings. The van der Waals surface area contributed by atoms with E-state index in [0.717, 1.165) is 4.90 Å². The van der Waals surface area contributed by atoms with Crippen molar-refractivity contribution in [1.29, 1.82) is 0 Å². The summed E-state index contributed by atoms with van der Waals surface area (Å²) in [5.41, 5.74) is 0.122. The second-order valence-electron chi connectivity index (χ2n) is 5.76. The van der Waals surface area contributed by atoms with E-state index in [0.29, 0.717) is 0 Å². The Hall–Kier alpha value is -1.06. The minimum atomic E-state index is -4.99. The molecule has 144 valence electrons. The molecule has 2 amide bonds. The van der Waals surface area contributed by atoms with Gasteiger partial charge in [-0.05, 0) is 12.0 Å². The van der Waals surface area contributed by atoms with Crippen molar-refractivity contribution in [3.63, 3.8) is 0 Å². The van der Waals surface area contributed by atoms with E-state index < -0.39 is 50.7 Å². The SMILES string of the molecule is O=C(C(OS(=O)(=O)O)c1ccccc1)N1CC[C@@H]2[C@H]1C(=O)N2S(=O)(=O)O.[NaH]. The fourth-order valence-corrected chi connectivity index (χ4v) is 4.54. The number of β-lactam (4-membered cyclic amide) rings is 1. The van der Waals surface area contributed by atoms with Crippen molar-refractivity contribution < 1.29 is 39.7 Å². The van der Waals surface area contributed by atoms with E-state index in [1.165, 1.54) is 24.3 Å². The van der Waals surface area contributed by atoms with E-state index in [1.54, 1.807) is 6.07 Å². The zero-order valence-corrected chi connectivity index (χ0v) is 14.6. The van der Waals surface area contributed by atoms with Gasteiger partial charge in [-0.1, -0.05) is 30.3 Å². The molecule has 0 radical (unpaired) electrons. The first-order chi connectivity index (χ1) is 12.0. The first-order valence-electron chi connectivity index (χ1n) is 7.32. The van der Waals surface area contributed by atoms with Gasteiger partial charge in [-0.2, -0.15) is 16.8 Å². The van der Waals surface area contributed by atoms with Crippen molar-refractivity contribution in [3.8, 4) is 0 Å². The van der Waals surface area contributed by atoms with Gasteiger partial charge in [0.25, 0.3) is 11.8 Å². The number of hydrogen-bond donors (Lipinski definition) is 2. The van der Waals surface area contributed by atoms with Crippen molar-refractivity contribution in [3.05, 3.63) is 35.9 Å². The summed E-state index contributed by atoms with van der Waals surface area (Å²) >= 11 is 0. The molecular weight excluding hydrogens is 415 g/mol. The van der Waals surface area contributed by atoms with E-state index in [-0.39, 0.29) is 52.4 Å². The van der Waals surface area contributed by atoms with Gasteiger partial charge in [0, 0.05) is 6.54 Å². The predicted octanol–water partition coefficient (Wildman–Crippen LogP) is -1.49. The molecule has 0 aliphatic carbocycles. The number of likely N-dealkylation sites (tertiary alicyclic amines) is 1. The maximum atomic E-state index is 12.8. The van der Waals surface area contributed by atoms with Gasteiger partial charge < -0.3 is 4.90 Å². The Morgan fingerprint density at radius 3 is 2.26 bits per heavy atom. The van der Waals surface area contributed by atoms with Crippen LogP contribution in [0.15, 0.2) is 30.3 Å². The summed E-state index contributed by atoms with van der Waals surface area (Å²) in [5.74, 6) is -1.92. The van der Waals surface area contributed by atoms with Crippen LogP contribution >= 0.6 is 0 Å². The summed E-state index contributed by atoms with van der Waals surface area (Å²) in [6.07, 6.45) is -1.66. The fraction of sp³-hybridized carbons (Fsp3) is 0.385. The molecule has 1 aromatic rings. The zero-order valence-electron chi connectivity index (χ0n) is 13.0. The summed E-state index contributed by atoms with van der Waals surface area (Å²) in [7, 11) is -9.73. The molecule has 27 heavy (non-hydrogen) atoms. The van der Waals surface area contributed by atoms with E-state index >= 15 is 0 Å². The van der Waals surface area contributed by atoms with Crippen molar-refractivity contribution in [2.75, 3.05) is 6.54 Å². The Morgan fingerprint density at radius 1 is 1.15 bits per heavy atom. The molecule has 2 saturated heterocycles. The standard InChI is InChI=1S/C13H14N2O9S2.Na.H/c16-12-10-9(15(12)25(18,19)20)6-7-14(10)13(17)11(24-26(21,22)23)8-4-2-1-3-5-8;;/h1-5,9-11H,6-7H2,(H,18,19,20)(H,21,22,23);;/t9-,10+,11?;;/m1../s1. The van der Waals surface area contributed by atoms with Crippen molar-refractivity contribution in [2.45, 2.75) is 24.6 Å². The van der Waals surface area contributed by atoms with Gasteiger partial charge >= 0.3 is 50.3 Å². The van der Waals surface area contributed by atoms with Crippen LogP contribution < -0.4 is 0 Å². The molecule has 0 aromatic heterocycles. The predicted molar refractivity (Wildman–Crippen MR) is 91.3 cm³/mol. The number of hydrogen-bond acceptors (Lipinski definition) is 7. The number of carbonyl (C=O) groups is 2. The first-order valence-corrected chi connectivity index (χ1v) is 10.1. The minimum absolute atomic E-state index is 0. The maximum absolute atomic E-state index is 12.8. The van der Waals surface area contributed by atoms with Crippen LogP contribution in [0.2, 0.25) is 0 Å². The summed E-state index contributed by atoms with van der Waals surface area (Å²) < 4.78 is 67.4. The normalized spacial score (nSPS) is 23.3. The molecule has 3 atom stereocenters. The van der Waals surface area contributed by atoms with Gasteiger partial charge in [0.2, 0.25) is 0 Å². The molecule has 2 aliphatic heterocycles. The topological polar surface area (TPSA) is 159 Å². The van der Waals surface area contributed by atoms with Gasteiger partial charge in [-0.3, -0.25) is 18.7 Å². The number of nitrogens with zero attached hydrogens (tertiary/aromatic N) is 2. The third kappa shape index (κ3) is 4.35. The number of carbonyl (C=O) groups excluding carboxylic acids is 2. The average molecular weight is 430 g/mol. The fourth-order valence-electron chi connectivity index (χ4n) is 3.20. The van der Waals surface area contributed by atoms with Gasteiger partial charge in [-0.25, -0.2) is 8.49 Å². The first kappa shape index (κ1) is 22.2. The third-order valence-corrected chi connectivity index (χ3v) is 5.60. The number of fused-ring (bicyclic) bond motifs is 1. The number of amides is 2. The zero-order chi connectivity index (χ0) is 19.3. The third-order valence-electron chi connectivity index (χ3n) is 4.21. The molecule has 2 aliphatic rings. The summed E-state index contributed by atoms with van der Waals surface area (Å²) in [6.45, 7) is -0.0515. The van der Waals surface area contributed by atoms with Crippen LogP contribution in [0.4, 0.5) is 0 Å². The van der Waals surface area contributed by atoms with Gasteiger partial charge in [0.1, 0.15) is 6.04 Å². The van der Waals surface area contributed by atoms with Crippen LogP contribution in [0.1, 0.15) is 18.1 Å². The number of benzene rings is 1. The Labute approximate surface area is 177 Å². The van der Waals surface area contributed by atoms with Crippen LogP contribution in [-0.4, -0.2) is 95.1 Å². The Balaban J connectivity index is 0.00000261. The molecule has 2 N–H and O–H groups in total. The molecule has 2 heterocycles.